The molecule has 3 nitrogen and oxygen atoms in total. The van der Waals surface area contributed by atoms with E-state index in [9.17, 15) is 0 Å². The predicted octanol–water partition coefficient (Wildman–Crippen LogP) is 4.11. The zero-order chi connectivity index (χ0) is 14.4. The maximum absolute atomic E-state index is 5.73. The van der Waals surface area contributed by atoms with Gasteiger partial charge in [0.15, 0.2) is 0 Å². The van der Waals surface area contributed by atoms with Gasteiger partial charge in [-0.3, -0.25) is 0 Å². The number of thiophene rings is 1. The molecule has 2 heterocycles. The highest BCUT2D eigenvalue weighted by Gasteiger charge is 2.07. The molecule has 2 aromatic heterocycles. The molecular weight excluding hydrogens is 270 g/mol. The summed E-state index contributed by atoms with van der Waals surface area (Å²) in [5, 5.41) is 5.50. The summed E-state index contributed by atoms with van der Waals surface area (Å²) in [6, 6.07) is 6.22. The average Bonchev–Trinajstić information content (AvgIpc) is 3.00. The summed E-state index contributed by atoms with van der Waals surface area (Å²) in [7, 11) is 0. The van der Waals surface area contributed by atoms with Crippen LogP contribution in [0.3, 0.4) is 0 Å². The minimum Gasteiger partial charge on any atom is -0.464 e. The van der Waals surface area contributed by atoms with Crippen molar-refractivity contribution >= 4 is 11.3 Å². The molecule has 0 amide bonds. The Morgan fingerprint density at radius 2 is 2.20 bits per heavy atom. The third-order valence-electron chi connectivity index (χ3n) is 3.01. The normalized spacial score (nSPS) is 11.4. The fourth-order valence-electron chi connectivity index (χ4n) is 1.98. The van der Waals surface area contributed by atoms with Crippen molar-refractivity contribution in [2.45, 2.75) is 40.5 Å². The number of hydrogen-bond donors (Lipinski definition) is 1. The minimum absolute atomic E-state index is 0.531. The monoisotopic (exact) mass is 293 g/mol. The lowest BCUT2D eigenvalue weighted by Crippen LogP contribution is -2.18. The van der Waals surface area contributed by atoms with Gasteiger partial charge in [-0.15, -0.1) is 11.3 Å². The smallest absolute Gasteiger partial charge is 0.130 e. The first-order chi connectivity index (χ1) is 9.65. The molecular formula is C16H23NO2S. The van der Waals surface area contributed by atoms with Crippen LogP contribution in [-0.2, 0) is 24.5 Å². The number of furan rings is 1. The van der Waals surface area contributed by atoms with Crippen LogP contribution in [0.1, 0.15) is 35.8 Å². The maximum Gasteiger partial charge on any atom is 0.130 e. The van der Waals surface area contributed by atoms with Crippen LogP contribution >= 0.6 is 11.3 Å². The average molecular weight is 293 g/mol. The van der Waals surface area contributed by atoms with Gasteiger partial charge in [0.05, 0.1) is 6.61 Å². The molecule has 1 N–H and O–H groups in total. The van der Waals surface area contributed by atoms with Crippen molar-refractivity contribution in [2.75, 3.05) is 6.54 Å². The number of nitrogens with one attached hydrogen (secondary N) is 1. The molecule has 0 unspecified atom stereocenters. The summed E-state index contributed by atoms with van der Waals surface area (Å²) in [6.07, 6.45) is 0. The summed E-state index contributed by atoms with van der Waals surface area (Å²) in [4.78, 5) is 1.24. The lowest BCUT2D eigenvalue weighted by Gasteiger charge is -2.05. The van der Waals surface area contributed by atoms with Crippen molar-refractivity contribution in [3.05, 3.63) is 45.5 Å². The fraction of sp³-hybridized carbons (Fsp3) is 0.500. The Labute approximate surface area is 125 Å². The molecule has 0 aliphatic heterocycles. The summed E-state index contributed by atoms with van der Waals surface area (Å²) in [5.74, 6) is 2.55. The van der Waals surface area contributed by atoms with Crippen molar-refractivity contribution in [1.29, 1.82) is 0 Å². The Kier molecular flexibility index (Phi) is 5.83. The molecule has 0 bridgehead atoms. The van der Waals surface area contributed by atoms with Gasteiger partial charge in [0.1, 0.15) is 18.1 Å². The zero-order valence-electron chi connectivity index (χ0n) is 12.4. The molecule has 0 fully saturated rings. The van der Waals surface area contributed by atoms with Gasteiger partial charge in [-0.25, -0.2) is 0 Å². The van der Waals surface area contributed by atoms with Gasteiger partial charge in [0.2, 0.25) is 0 Å². The number of hydrogen-bond acceptors (Lipinski definition) is 4. The Morgan fingerprint density at radius 3 is 2.90 bits per heavy atom. The van der Waals surface area contributed by atoms with Crippen molar-refractivity contribution in [2.24, 2.45) is 5.92 Å². The summed E-state index contributed by atoms with van der Waals surface area (Å²) < 4.78 is 11.4. The Morgan fingerprint density at radius 1 is 1.35 bits per heavy atom. The second-order valence-corrected chi connectivity index (χ2v) is 6.42. The van der Waals surface area contributed by atoms with Gasteiger partial charge < -0.3 is 14.5 Å². The number of rotatable bonds is 8. The maximum atomic E-state index is 5.73. The molecule has 0 radical (unpaired) electrons. The Balaban J connectivity index is 1.77. The SMILES string of the molecule is Cc1oc(COCc2cccs2)cc1CNCC(C)C. The van der Waals surface area contributed by atoms with E-state index in [1.807, 2.05) is 13.0 Å². The van der Waals surface area contributed by atoms with E-state index in [2.05, 4.69) is 36.7 Å². The van der Waals surface area contributed by atoms with Gasteiger partial charge >= 0.3 is 0 Å². The van der Waals surface area contributed by atoms with E-state index in [0.29, 0.717) is 19.1 Å². The summed E-state index contributed by atoms with van der Waals surface area (Å²) in [5.41, 5.74) is 1.22. The van der Waals surface area contributed by atoms with Crippen LogP contribution in [0.25, 0.3) is 0 Å². The van der Waals surface area contributed by atoms with E-state index in [4.69, 9.17) is 9.15 Å². The molecule has 0 aliphatic rings. The van der Waals surface area contributed by atoms with Gasteiger partial charge in [0.25, 0.3) is 0 Å². The molecule has 0 aliphatic carbocycles. The third-order valence-corrected chi connectivity index (χ3v) is 3.86. The number of ether oxygens (including phenoxy) is 1. The van der Waals surface area contributed by atoms with E-state index in [0.717, 1.165) is 24.6 Å². The molecule has 4 heteroatoms. The highest BCUT2D eigenvalue weighted by atomic mass is 32.1. The fourth-order valence-corrected chi connectivity index (χ4v) is 2.62. The molecule has 0 saturated carbocycles. The molecule has 0 atom stereocenters. The van der Waals surface area contributed by atoms with E-state index in [-0.39, 0.29) is 0 Å². The molecule has 0 saturated heterocycles. The van der Waals surface area contributed by atoms with E-state index >= 15 is 0 Å². The predicted molar refractivity (Wildman–Crippen MR) is 82.8 cm³/mol. The van der Waals surface area contributed by atoms with Crippen LogP contribution in [0.2, 0.25) is 0 Å². The van der Waals surface area contributed by atoms with Gasteiger partial charge in [-0.05, 0) is 36.9 Å². The van der Waals surface area contributed by atoms with Crippen LogP contribution in [0.15, 0.2) is 28.0 Å². The van der Waals surface area contributed by atoms with Crippen LogP contribution in [0.5, 0.6) is 0 Å². The van der Waals surface area contributed by atoms with Crippen LogP contribution in [-0.4, -0.2) is 6.54 Å². The van der Waals surface area contributed by atoms with Crippen LogP contribution < -0.4 is 5.32 Å². The lowest BCUT2D eigenvalue weighted by molar-refractivity contribution is 0.0942. The first kappa shape index (κ1) is 15.3. The topological polar surface area (TPSA) is 34.4 Å². The molecule has 110 valence electrons. The number of aryl methyl sites for hydroxylation is 1. The second-order valence-electron chi connectivity index (χ2n) is 5.39. The highest BCUT2D eigenvalue weighted by Crippen LogP contribution is 2.17. The Hall–Kier alpha value is -1.10. The molecule has 20 heavy (non-hydrogen) atoms. The van der Waals surface area contributed by atoms with Gasteiger partial charge in [0, 0.05) is 17.0 Å². The minimum atomic E-state index is 0.531. The summed E-state index contributed by atoms with van der Waals surface area (Å²) >= 11 is 1.71. The lowest BCUT2D eigenvalue weighted by atomic mass is 10.2. The molecule has 0 spiro atoms. The largest absolute Gasteiger partial charge is 0.464 e. The van der Waals surface area contributed by atoms with Gasteiger partial charge in [-0.2, -0.15) is 0 Å². The quantitative estimate of drug-likeness (QED) is 0.795. The van der Waals surface area contributed by atoms with Crippen LogP contribution in [0.4, 0.5) is 0 Å². The first-order valence-electron chi connectivity index (χ1n) is 7.04. The van der Waals surface area contributed by atoms with Crippen molar-refractivity contribution in [1.82, 2.24) is 5.32 Å². The van der Waals surface area contributed by atoms with Crippen molar-refractivity contribution in [3.63, 3.8) is 0 Å². The van der Waals surface area contributed by atoms with Gasteiger partial charge in [-0.1, -0.05) is 19.9 Å². The molecule has 2 rings (SSSR count). The van der Waals surface area contributed by atoms with E-state index in [1.54, 1.807) is 11.3 Å². The third kappa shape index (κ3) is 4.78. The summed E-state index contributed by atoms with van der Waals surface area (Å²) in [6.45, 7) is 9.49. The van der Waals surface area contributed by atoms with E-state index < -0.39 is 0 Å². The standard InChI is InChI=1S/C16H23NO2S/c1-12(2)8-17-9-14-7-15(19-13(14)3)10-18-11-16-5-4-6-20-16/h4-7,12,17H,8-11H2,1-3H3. The first-order valence-corrected chi connectivity index (χ1v) is 7.92. The van der Waals surface area contributed by atoms with Crippen LogP contribution in [0, 0.1) is 12.8 Å². The zero-order valence-corrected chi connectivity index (χ0v) is 13.3. The van der Waals surface area contributed by atoms with Crippen molar-refractivity contribution in [3.8, 4) is 0 Å². The molecule has 2 aromatic rings. The Bertz CT molecular complexity index is 503. The highest BCUT2D eigenvalue weighted by molar-refractivity contribution is 7.09. The molecule has 0 aromatic carbocycles. The van der Waals surface area contributed by atoms with E-state index in [1.165, 1.54) is 10.4 Å². The second kappa shape index (κ2) is 7.62. The van der Waals surface area contributed by atoms with Crippen molar-refractivity contribution < 1.29 is 9.15 Å².